The number of rotatable bonds is 5. The van der Waals surface area contributed by atoms with Gasteiger partial charge in [-0.25, -0.2) is 12.8 Å². The van der Waals surface area contributed by atoms with Crippen molar-refractivity contribution in [2.24, 2.45) is 0 Å². The highest BCUT2D eigenvalue weighted by Crippen LogP contribution is 2.22. The lowest BCUT2D eigenvalue weighted by atomic mass is 10.1. The van der Waals surface area contributed by atoms with E-state index in [9.17, 15) is 17.6 Å². The van der Waals surface area contributed by atoms with Crippen LogP contribution >= 0.6 is 0 Å². The number of carbonyl (C=O) groups excluding carboxylic acids is 1. The minimum Gasteiger partial charge on any atom is -0.320 e. The first-order chi connectivity index (χ1) is 14.4. The van der Waals surface area contributed by atoms with E-state index >= 15 is 0 Å². The number of halogens is 1. The SMILES string of the molecule is O=C(Nc1cccc2cccnc12)c1ccc(NS(=O)(=O)c2ccc(F)cc2)cc1. The van der Waals surface area contributed by atoms with Crippen molar-refractivity contribution in [1.29, 1.82) is 0 Å². The predicted octanol–water partition coefficient (Wildman–Crippen LogP) is 4.43. The molecule has 0 aliphatic heterocycles. The molecule has 0 fully saturated rings. The number of carbonyl (C=O) groups is 1. The first-order valence-electron chi connectivity index (χ1n) is 8.96. The molecule has 4 rings (SSSR count). The quantitative estimate of drug-likeness (QED) is 0.499. The van der Waals surface area contributed by atoms with Crippen molar-refractivity contribution in [3.05, 3.63) is 96.4 Å². The van der Waals surface area contributed by atoms with Crippen LogP contribution < -0.4 is 10.0 Å². The summed E-state index contributed by atoms with van der Waals surface area (Å²) in [5.41, 5.74) is 1.89. The van der Waals surface area contributed by atoms with Crippen LogP contribution in [-0.2, 0) is 10.0 Å². The van der Waals surface area contributed by atoms with Crippen LogP contribution in [0.3, 0.4) is 0 Å². The lowest BCUT2D eigenvalue weighted by Crippen LogP contribution is -2.14. The second-order valence-corrected chi connectivity index (χ2v) is 8.15. The number of benzene rings is 3. The van der Waals surface area contributed by atoms with E-state index < -0.39 is 15.8 Å². The van der Waals surface area contributed by atoms with Crippen LogP contribution in [0, 0.1) is 5.82 Å². The highest BCUT2D eigenvalue weighted by Gasteiger charge is 2.15. The highest BCUT2D eigenvalue weighted by molar-refractivity contribution is 7.92. The largest absolute Gasteiger partial charge is 0.320 e. The van der Waals surface area contributed by atoms with Gasteiger partial charge >= 0.3 is 0 Å². The molecule has 0 spiro atoms. The molecular weight excluding hydrogens is 405 g/mol. The zero-order chi connectivity index (χ0) is 21.1. The minimum atomic E-state index is -3.86. The van der Waals surface area contributed by atoms with E-state index in [1.807, 2.05) is 24.3 Å². The Morgan fingerprint density at radius 3 is 2.30 bits per heavy atom. The van der Waals surface area contributed by atoms with Crippen LogP contribution in [-0.4, -0.2) is 19.3 Å². The van der Waals surface area contributed by atoms with Gasteiger partial charge in [0.25, 0.3) is 15.9 Å². The average Bonchev–Trinajstić information content (AvgIpc) is 2.74. The van der Waals surface area contributed by atoms with Gasteiger partial charge in [0.05, 0.1) is 16.1 Å². The fraction of sp³-hybridized carbons (Fsp3) is 0. The van der Waals surface area contributed by atoms with Crippen LogP contribution in [0.4, 0.5) is 15.8 Å². The van der Waals surface area contributed by atoms with Gasteiger partial charge in [-0.05, 0) is 60.7 Å². The van der Waals surface area contributed by atoms with Gasteiger partial charge in [-0.2, -0.15) is 0 Å². The number of nitrogens with zero attached hydrogens (tertiary/aromatic N) is 1. The van der Waals surface area contributed by atoms with Crippen LogP contribution in [0.2, 0.25) is 0 Å². The maximum atomic E-state index is 13.0. The van der Waals surface area contributed by atoms with Gasteiger partial charge in [0.1, 0.15) is 5.82 Å². The Bertz CT molecular complexity index is 1320. The Morgan fingerprint density at radius 2 is 1.57 bits per heavy atom. The number of para-hydroxylation sites is 1. The molecule has 8 heteroatoms. The van der Waals surface area contributed by atoms with Crippen LogP contribution in [0.15, 0.2) is 90.0 Å². The van der Waals surface area contributed by atoms with Crippen molar-refractivity contribution in [3.8, 4) is 0 Å². The topological polar surface area (TPSA) is 88.2 Å². The van der Waals surface area contributed by atoms with Crippen molar-refractivity contribution in [2.45, 2.75) is 4.90 Å². The summed E-state index contributed by atoms with van der Waals surface area (Å²) >= 11 is 0. The smallest absolute Gasteiger partial charge is 0.261 e. The third-order valence-electron chi connectivity index (χ3n) is 4.40. The van der Waals surface area contributed by atoms with Gasteiger partial charge < -0.3 is 5.32 Å². The Balaban J connectivity index is 1.50. The maximum absolute atomic E-state index is 13.0. The average molecular weight is 421 g/mol. The van der Waals surface area contributed by atoms with Crippen LogP contribution in [0.1, 0.15) is 10.4 Å². The first kappa shape index (κ1) is 19.5. The number of fused-ring (bicyclic) bond motifs is 1. The predicted molar refractivity (Wildman–Crippen MR) is 113 cm³/mol. The van der Waals surface area contributed by atoms with E-state index in [0.717, 1.165) is 17.5 Å². The summed E-state index contributed by atoms with van der Waals surface area (Å²) in [5.74, 6) is -0.869. The number of amides is 1. The Hall–Kier alpha value is -3.78. The lowest BCUT2D eigenvalue weighted by Gasteiger charge is -2.10. The zero-order valence-corrected chi connectivity index (χ0v) is 16.4. The molecule has 0 atom stereocenters. The van der Waals surface area contributed by atoms with Crippen molar-refractivity contribution in [2.75, 3.05) is 10.0 Å². The molecule has 4 aromatic rings. The molecule has 0 saturated heterocycles. The van der Waals surface area contributed by atoms with Gasteiger partial charge in [-0.3, -0.25) is 14.5 Å². The summed E-state index contributed by atoms with van der Waals surface area (Å²) in [5, 5.41) is 3.73. The molecule has 0 aliphatic rings. The highest BCUT2D eigenvalue weighted by atomic mass is 32.2. The summed E-state index contributed by atoms with van der Waals surface area (Å²) in [6, 6.07) is 19.7. The fourth-order valence-corrected chi connectivity index (χ4v) is 3.98. The van der Waals surface area contributed by atoms with Crippen LogP contribution in [0.25, 0.3) is 10.9 Å². The number of aromatic nitrogens is 1. The molecule has 0 radical (unpaired) electrons. The van der Waals surface area contributed by atoms with E-state index in [0.29, 0.717) is 16.8 Å². The Morgan fingerprint density at radius 1 is 0.867 bits per heavy atom. The number of sulfonamides is 1. The third-order valence-corrected chi connectivity index (χ3v) is 5.80. The number of hydrogen-bond donors (Lipinski definition) is 2. The molecule has 0 unspecified atom stereocenters. The van der Waals surface area contributed by atoms with Crippen LogP contribution in [0.5, 0.6) is 0 Å². The van der Waals surface area contributed by atoms with Crippen molar-refractivity contribution in [3.63, 3.8) is 0 Å². The van der Waals surface area contributed by atoms with E-state index in [1.165, 1.54) is 36.4 Å². The van der Waals surface area contributed by atoms with Crippen molar-refractivity contribution in [1.82, 2.24) is 4.98 Å². The lowest BCUT2D eigenvalue weighted by molar-refractivity contribution is 0.102. The van der Waals surface area contributed by atoms with Gasteiger partial charge in [-0.15, -0.1) is 0 Å². The Kier molecular flexibility index (Phi) is 5.16. The van der Waals surface area contributed by atoms with Crippen molar-refractivity contribution >= 4 is 38.2 Å². The molecule has 1 amide bonds. The monoisotopic (exact) mass is 421 g/mol. The normalized spacial score (nSPS) is 11.2. The molecule has 3 aromatic carbocycles. The number of hydrogen-bond acceptors (Lipinski definition) is 4. The first-order valence-corrected chi connectivity index (χ1v) is 10.4. The van der Waals surface area contributed by atoms with Crippen molar-refractivity contribution < 1.29 is 17.6 Å². The summed E-state index contributed by atoms with van der Waals surface area (Å²) < 4.78 is 40.2. The molecule has 6 nitrogen and oxygen atoms in total. The van der Waals surface area contributed by atoms with E-state index in [4.69, 9.17) is 0 Å². The molecular formula is C22H16FN3O3S. The van der Waals surface area contributed by atoms with E-state index in [1.54, 1.807) is 12.3 Å². The standard InChI is InChI=1S/C22H16FN3O3S/c23-17-8-12-19(13-9-17)30(28,29)26-18-10-6-16(7-11-18)22(27)25-20-5-1-3-15-4-2-14-24-21(15)20/h1-14,26H,(H,25,27). The number of anilines is 2. The van der Waals surface area contributed by atoms with Gasteiger partial charge in [-0.1, -0.05) is 18.2 Å². The number of nitrogens with one attached hydrogen (secondary N) is 2. The summed E-state index contributed by atoms with van der Waals surface area (Å²) in [6.45, 7) is 0. The molecule has 0 saturated carbocycles. The van der Waals surface area contributed by atoms with E-state index in [-0.39, 0.29) is 16.5 Å². The molecule has 2 N–H and O–H groups in total. The van der Waals surface area contributed by atoms with E-state index in [2.05, 4.69) is 15.0 Å². The molecule has 30 heavy (non-hydrogen) atoms. The summed E-state index contributed by atoms with van der Waals surface area (Å²) in [7, 11) is -3.86. The molecule has 1 aromatic heterocycles. The maximum Gasteiger partial charge on any atom is 0.261 e. The summed E-state index contributed by atoms with van der Waals surface area (Å²) in [6.07, 6.45) is 1.65. The Labute approximate surface area is 172 Å². The zero-order valence-electron chi connectivity index (χ0n) is 15.5. The molecule has 150 valence electrons. The van der Waals surface area contributed by atoms with Gasteiger partial charge in [0.2, 0.25) is 0 Å². The molecule has 0 bridgehead atoms. The summed E-state index contributed by atoms with van der Waals surface area (Å²) in [4.78, 5) is 16.8. The number of pyridine rings is 1. The second kappa shape index (κ2) is 7.92. The van der Waals surface area contributed by atoms with Gasteiger partial charge in [0, 0.05) is 22.8 Å². The van der Waals surface area contributed by atoms with Gasteiger partial charge in [0.15, 0.2) is 0 Å². The molecule has 1 heterocycles. The molecule has 0 aliphatic carbocycles. The fourth-order valence-electron chi connectivity index (χ4n) is 2.92. The third kappa shape index (κ3) is 4.13. The minimum absolute atomic E-state index is 0.0609. The second-order valence-electron chi connectivity index (χ2n) is 6.47.